The first kappa shape index (κ1) is 20.0. The van der Waals surface area contributed by atoms with Crippen LogP contribution >= 0.6 is 11.3 Å². The van der Waals surface area contributed by atoms with Crippen molar-refractivity contribution < 1.29 is 4.79 Å². The lowest BCUT2D eigenvalue weighted by Gasteiger charge is -2.18. The minimum Gasteiger partial charge on any atom is -0.357 e. The lowest BCUT2D eigenvalue weighted by molar-refractivity contribution is -0.130. The Labute approximate surface area is 160 Å². The summed E-state index contributed by atoms with van der Waals surface area (Å²) in [6, 6.07) is 14.2. The van der Waals surface area contributed by atoms with Gasteiger partial charge in [-0.1, -0.05) is 30.3 Å². The Morgan fingerprint density at radius 1 is 1.15 bits per heavy atom. The molecule has 0 saturated carbocycles. The highest BCUT2D eigenvalue weighted by atomic mass is 32.1. The Hall–Kier alpha value is -2.34. The first-order chi connectivity index (χ1) is 12.6. The molecular weight excluding hydrogens is 344 g/mol. The van der Waals surface area contributed by atoms with Crippen LogP contribution in [0.5, 0.6) is 0 Å². The molecule has 0 aliphatic rings. The van der Waals surface area contributed by atoms with Crippen LogP contribution in [0, 0.1) is 6.92 Å². The van der Waals surface area contributed by atoms with Gasteiger partial charge in [-0.15, -0.1) is 11.3 Å². The highest BCUT2D eigenvalue weighted by molar-refractivity contribution is 7.11. The van der Waals surface area contributed by atoms with Gasteiger partial charge in [0.05, 0.1) is 6.54 Å². The van der Waals surface area contributed by atoms with Crippen LogP contribution in [0.3, 0.4) is 0 Å². The molecule has 0 aliphatic carbocycles. The third-order valence-corrected chi connectivity index (χ3v) is 4.84. The van der Waals surface area contributed by atoms with Crippen molar-refractivity contribution in [1.82, 2.24) is 15.5 Å². The summed E-state index contributed by atoms with van der Waals surface area (Å²) in [5, 5.41) is 6.46. The smallest absolute Gasteiger partial charge is 0.224 e. The fraction of sp³-hybridized carbons (Fsp3) is 0.400. The Morgan fingerprint density at radius 2 is 1.92 bits per heavy atom. The van der Waals surface area contributed by atoms with Crippen LogP contribution in [0.15, 0.2) is 47.5 Å². The molecule has 0 fully saturated rings. The molecule has 1 aromatic heterocycles. The molecule has 2 N–H and O–H groups in total. The van der Waals surface area contributed by atoms with Crippen LogP contribution in [0.25, 0.3) is 0 Å². The van der Waals surface area contributed by atoms with Crippen molar-refractivity contribution in [2.24, 2.45) is 4.99 Å². The Balaban J connectivity index is 1.78. The van der Waals surface area contributed by atoms with E-state index in [9.17, 15) is 4.79 Å². The molecule has 2 aromatic rings. The van der Waals surface area contributed by atoms with Gasteiger partial charge in [0.15, 0.2) is 5.96 Å². The second kappa shape index (κ2) is 10.6. The molecule has 0 atom stereocenters. The summed E-state index contributed by atoms with van der Waals surface area (Å²) in [6.45, 7) is 6.76. The largest absolute Gasteiger partial charge is 0.357 e. The predicted octanol–water partition coefficient (Wildman–Crippen LogP) is 3.16. The summed E-state index contributed by atoms with van der Waals surface area (Å²) < 4.78 is 0. The number of aliphatic imine (C=N–C) groups is 1. The first-order valence-electron chi connectivity index (χ1n) is 8.94. The van der Waals surface area contributed by atoms with E-state index in [4.69, 9.17) is 0 Å². The van der Waals surface area contributed by atoms with E-state index >= 15 is 0 Å². The monoisotopic (exact) mass is 372 g/mol. The van der Waals surface area contributed by atoms with Crippen LogP contribution in [-0.2, 0) is 17.9 Å². The average molecular weight is 373 g/mol. The van der Waals surface area contributed by atoms with Gasteiger partial charge in [0.2, 0.25) is 5.91 Å². The number of nitrogens with one attached hydrogen (secondary N) is 2. The van der Waals surface area contributed by atoms with E-state index in [1.807, 2.05) is 44.3 Å². The molecule has 26 heavy (non-hydrogen) atoms. The van der Waals surface area contributed by atoms with Crippen molar-refractivity contribution >= 4 is 23.2 Å². The molecule has 2 rings (SSSR count). The summed E-state index contributed by atoms with van der Waals surface area (Å²) in [6.07, 6.45) is 0.436. The van der Waals surface area contributed by atoms with E-state index in [0.29, 0.717) is 26.1 Å². The van der Waals surface area contributed by atoms with Crippen LogP contribution in [-0.4, -0.2) is 36.9 Å². The van der Waals surface area contributed by atoms with Crippen LogP contribution in [0.2, 0.25) is 0 Å². The van der Waals surface area contributed by atoms with Crippen LogP contribution < -0.4 is 10.6 Å². The summed E-state index contributed by atoms with van der Waals surface area (Å²) >= 11 is 1.76. The van der Waals surface area contributed by atoms with Gasteiger partial charge in [-0.2, -0.15) is 0 Å². The Morgan fingerprint density at radius 3 is 2.58 bits per heavy atom. The van der Waals surface area contributed by atoms with Crippen molar-refractivity contribution in [1.29, 1.82) is 0 Å². The molecule has 0 spiro atoms. The zero-order valence-electron chi connectivity index (χ0n) is 15.8. The number of benzene rings is 1. The molecule has 1 amide bonds. The number of aryl methyl sites for hydroxylation is 1. The lowest BCUT2D eigenvalue weighted by atomic mass is 10.2. The molecule has 6 heteroatoms. The minimum atomic E-state index is 0.117. The lowest BCUT2D eigenvalue weighted by Crippen LogP contribution is -2.39. The van der Waals surface area contributed by atoms with Crippen molar-refractivity contribution in [3.8, 4) is 0 Å². The fourth-order valence-corrected chi connectivity index (χ4v) is 3.31. The number of hydrogen-bond acceptors (Lipinski definition) is 3. The van der Waals surface area contributed by atoms with Crippen molar-refractivity contribution in [2.75, 3.05) is 20.1 Å². The van der Waals surface area contributed by atoms with Gasteiger partial charge in [-0.05, 0) is 31.5 Å². The summed E-state index contributed by atoms with van der Waals surface area (Å²) in [5.41, 5.74) is 1.14. The molecule has 0 bridgehead atoms. The molecule has 0 radical (unpaired) electrons. The van der Waals surface area contributed by atoms with Crippen molar-refractivity contribution in [3.63, 3.8) is 0 Å². The molecule has 1 aromatic carbocycles. The molecule has 1 heterocycles. The standard InChI is InChI=1S/C20H28N4OS/c1-4-21-20(23-14-18-11-10-16(2)26-18)22-13-12-19(25)24(3)15-17-8-6-5-7-9-17/h5-11H,4,12-15H2,1-3H3,(H2,21,22,23). The summed E-state index contributed by atoms with van der Waals surface area (Å²) in [4.78, 5) is 21.2. The van der Waals surface area contributed by atoms with Gasteiger partial charge in [-0.25, -0.2) is 4.99 Å². The third-order valence-electron chi connectivity index (χ3n) is 3.85. The van der Waals surface area contributed by atoms with Gasteiger partial charge in [0.1, 0.15) is 0 Å². The molecular formula is C20H28N4OS. The van der Waals surface area contributed by atoms with Gasteiger partial charge in [0, 0.05) is 42.9 Å². The second-order valence-corrected chi connectivity index (χ2v) is 7.49. The average Bonchev–Trinajstić information content (AvgIpc) is 3.05. The van der Waals surface area contributed by atoms with E-state index in [2.05, 4.69) is 34.7 Å². The fourth-order valence-electron chi connectivity index (χ4n) is 2.49. The normalized spacial score (nSPS) is 11.3. The van der Waals surface area contributed by atoms with E-state index in [-0.39, 0.29) is 5.91 Å². The number of hydrogen-bond donors (Lipinski definition) is 2. The SMILES string of the molecule is CCNC(=NCc1ccc(C)s1)NCCC(=O)N(C)Cc1ccccc1. The first-order valence-corrected chi connectivity index (χ1v) is 9.75. The quantitative estimate of drug-likeness (QED) is 0.553. The zero-order chi connectivity index (χ0) is 18.8. The van der Waals surface area contributed by atoms with E-state index in [0.717, 1.165) is 18.1 Å². The van der Waals surface area contributed by atoms with Gasteiger partial charge in [-0.3, -0.25) is 4.79 Å². The van der Waals surface area contributed by atoms with Gasteiger partial charge < -0.3 is 15.5 Å². The molecule has 140 valence electrons. The number of amides is 1. The third kappa shape index (κ3) is 6.88. The maximum Gasteiger partial charge on any atom is 0.224 e. The number of guanidine groups is 1. The summed E-state index contributed by atoms with van der Waals surface area (Å²) in [5.74, 6) is 0.864. The number of rotatable bonds is 8. The molecule has 0 aliphatic heterocycles. The van der Waals surface area contributed by atoms with E-state index in [1.165, 1.54) is 9.75 Å². The Kier molecular flexibility index (Phi) is 8.15. The molecule has 0 saturated heterocycles. The summed E-state index contributed by atoms with van der Waals surface area (Å²) in [7, 11) is 1.84. The number of nitrogens with zero attached hydrogens (tertiary/aromatic N) is 2. The van der Waals surface area contributed by atoms with Crippen LogP contribution in [0.1, 0.15) is 28.7 Å². The maximum absolute atomic E-state index is 12.3. The zero-order valence-corrected chi connectivity index (χ0v) is 16.6. The highest BCUT2D eigenvalue weighted by Crippen LogP contribution is 2.15. The molecule has 0 unspecified atom stereocenters. The number of thiophene rings is 1. The number of carbonyl (C=O) groups excluding carboxylic acids is 1. The Bertz CT molecular complexity index is 712. The van der Waals surface area contributed by atoms with Crippen molar-refractivity contribution in [2.45, 2.75) is 33.4 Å². The van der Waals surface area contributed by atoms with Gasteiger partial charge >= 0.3 is 0 Å². The molecule has 5 nitrogen and oxygen atoms in total. The van der Waals surface area contributed by atoms with E-state index < -0.39 is 0 Å². The second-order valence-electron chi connectivity index (χ2n) is 6.12. The number of carbonyl (C=O) groups is 1. The highest BCUT2D eigenvalue weighted by Gasteiger charge is 2.09. The topological polar surface area (TPSA) is 56.7 Å². The van der Waals surface area contributed by atoms with Gasteiger partial charge in [0.25, 0.3) is 0 Å². The van der Waals surface area contributed by atoms with Crippen molar-refractivity contribution in [3.05, 3.63) is 57.8 Å². The predicted molar refractivity (Wildman–Crippen MR) is 109 cm³/mol. The van der Waals surface area contributed by atoms with Crippen LogP contribution in [0.4, 0.5) is 0 Å². The maximum atomic E-state index is 12.3. The van der Waals surface area contributed by atoms with E-state index in [1.54, 1.807) is 16.2 Å². The minimum absolute atomic E-state index is 0.117.